The van der Waals surface area contributed by atoms with Gasteiger partial charge in [-0.2, -0.15) is 0 Å². The highest BCUT2D eigenvalue weighted by Gasteiger charge is 2.22. The number of benzene rings is 6. The van der Waals surface area contributed by atoms with Gasteiger partial charge in [0.25, 0.3) is 0 Å². The molecule has 2 aromatic heterocycles. The van der Waals surface area contributed by atoms with E-state index in [9.17, 15) is 4.39 Å². The second kappa shape index (κ2) is 11.9. The van der Waals surface area contributed by atoms with Crippen molar-refractivity contribution in [3.63, 3.8) is 0 Å². The number of nitrogens with zero attached hydrogens (tertiary/aromatic N) is 4. The van der Waals surface area contributed by atoms with Crippen molar-refractivity contribution in [2.24, 2.45) is 0 Å². The predicted molar refractivity (Wildman–Crippen MR) is 195 cm³/mol. The van der Waals surface area contributed by atoms with E-state index in [0.717, 1.165) is 44.7 Å². The maximum atomic E-state index is 15.3. The van der Waals surface area contributed by atoms with Crippen LogP contribution in [0.25, 0.3) is 72.8 Å². The zero-order chi connectivity index (χ0) is 33.7. The summed E-state index contributed by atoms with van der Waals surface area (Å²) in [5.74, 6) is 0.202. The minimum absolute atomic E-state index is 0.0777. The van der Waals surface area contributed by atoms with Crippen molar-refractivity contribution < 1.29 is 8.78 Å². The Labute approximate surface area is 283 Å². The predicted octanol–water partition coefficient (Wildman–Crippen LogP) is 11.2. The van der Waals surface area contributed by atoms with Crippen LogP contribution in [0.4, 0.5) is 8.78 Å². The summed E-state index contributed by atoms with van der Waals surface area (Å²) in [5, 5.41) is 2.23. The van der Waals surface area contributed by atoms with Crippen LogP contribution in [0.1, 0.15) is 26.3 Å². The Morgan fingerprint density at radius 3 is 1.76 bits per heavy atom. The Hall–Kier alpha value is -6.01. The molecule has 0 spiro atoms. The second-order valence-corrected chi connectivity index (χ2v) is 13.2. The molecule has 0 saturated carbocycles. The van der Waals surface area contributed by atoms with Crippen molar-refractivity contribution in [2.75, 3.05) is 0 Å². The van der Waals surface area contributed by atoms with E-state index in [1.54, 1.807) is 0 Å². The van der Waals surface area contributed by atoms with Crippen LogP contribution in [0.3, 0.4) is 0 Å². The van der Waals surface area contributed by atoms with Crippen LogP contribution >= 0.6 is 0 Å². The summed E-state index contributed by atoms with van der Waals surface area (Å²) >= 11 is 0. The van der Waals surface area contributed by atoms with Gasteiger partial charge in [-0.05, 0) is 52.9 Å². The first-order chi connectivity index (χ1) is 23.7. The molecule has 2 heterocycles. The lowest BCUT2D eigenvalue weighted by molar-refractivity contribution is 0.585. The molecule has 6 heteroatoms. The van der Waals surface area contributed by atoms with E-state index in [-0.39, 0.29) is 11.0 Å². The topological polar surface area (TPSA) is 43.6 Å². The summed E-state index contributed by atoms with van der Waals surface area (Å²) < 4.78 is 31.6. The normalized spacial score (nSPS) is 11.8. The monoisotopic (exact) mass is 642 g/mol. The molecule has 0 fully saturated rings. The number of aromatic nitrogens is 4. The van der Waals surface area contributed by atoms with Gasteiger partial charge in [0.15, 0.2) is 17.5 Å². The summed E-state index contributed by atoms with van der Waals surface area (Å²) in [6, 6.07) is 44.0. The lowest BCUT2D eigenvalue weighted by Gasteiger charge is -2.20. The molecule has 0 amide bonds. The average Bonchev–Trinajstić information content (AvgIpc) is 3.45. The Kier molecular flexibility index (Phi) is 7.37. The summed E-state index contributed by atoms with van der Waals surface area (Å²) in [6.45, 7) is 6.62. The molecule has 0 bridgehead atoms. The molecule has 0 atom stereocenters. The third kappa shape index (κ3) is 5.55. The fraction of sp³-hybridized carbons (Fsp3) is 0.0930. The van der Waals surface area contributed by atoms with Gasteiger partial charge in [-0.3, -0.25) is 0 Å². The van der Waals surface area contributed by atoms with Crippen LogP contribution in [0, 0.1) is 11.6 Å². The Morgan fingerprint density at radius 2 is 1.10 bits per heavy atom. The molecule has 0 aliphatic heterocycles. The van der Waals surface area contributed by atoms with Crippen LogP contribution in [-0.2, 0) is 5.41 Å². The standard InChI is InChI=1S/C43H32F2N4/c1-43(2,3)30-19-21-34-33-16-10-11-17-37(33)49(39(34)25-30)38-23-18-29(32-22-20-31(44)26-36(32)45)24-35(38)42-47-40(27-12-6-4-7-13-27)46-41(48-42)28-14-8-5-9-15-28/h4-26H,1-3H3. The molecule has 8 rings (SSSR count). The molecule has 238 valence electrons. The minimum atomic E-state index is -0.643. The highest BCUT2D eigenvalue weighted by atomic mass is 19.1. The maximum absolute atomic E-state index is 15.3. The van der Waals surface area contributed by atoms with Crippen LogP contribution in [-0.4, -0.2) is 19.5 Å². The van der Waals surface area contributed by atoms with Crippen molar-refractivity contribution in [1.82, 2.24) is 19.5 Å². The first kappa shape index (κ1) is 30.3. The molecule has 6 aromatic carbocycles. The van der Waals surface area contributed by atoms with Crippen molar-refractivity contribution >= 4 is 21.8 Å². The Balaban J connectivity index is 1.47. The Morgan fingerprint density at radius 1 is 0.490 bits per heavy atom. The van der Waals surface area contributed by atoms with Crippen LogP contribution in [0.15, 0.2) is 140 Å². The van der Waals surface area contributed by atoms with E-state index >= 15 is 4.39 Å². The molecular weight excluding hydrogens is 610 g/mol. The Bertz CT molecular complexity index is 2440. The zero-order valence-electron chi connectivity index (χ0n) is 27.3. The third-order valence-electron chi connectivity index (χ3n) is 8.96. The van der Waals surface area contributed by atoms with Gasteiger partial charge in [0.1, 0.15) is 11.6 Å². The highest BCUT2D eigenvalue weighted by Crippen LogP contribution is 2.40. The summed E-state index contributed by atoms with van der Waals surface area (Å²) in [5.41, 5.74) is 7.24. The SMILES string of the molecule is CC(C)(C)c1ccc2c3ccccc3n(-c3ccc(-c4ccc(F)cc4F)cc3-c3nc(-c4ccccc4)nc(-c4ccccc4)n3)c2c1. The maximum Gasteiger partial charge on any atom is 0.166 e. The summed E-state index contributed by atoms with van der Waals surface area (Å²) in [4.78, 5) is 15.0. The second-order valence-electron chi connectivity index (χ2n) is 13.2. The van der Waals surface area contributed by atoms with Gasteiger partial charge < -0.3 is 4.57 Å². The molecule has 0 aliphatic rings. The van der Waals surface area contributed by atoms with Gasteiger partial charge in [0, 0.05) is 39.1 Å². The molecule has 0 saturated heterocycles. The van der Waals surface area contributed by atoms with Gasteiger partial charge in [0.2, 0.25) is 0 Å². The molecule has 0 radical (unpaired) electrons. The average molecular weight is 643 g/mol. The number of rotatable bonds is 5. The molecule has 0 aliphatic carbocycles. The lowest BCUT2D eigenvalue weighted by atomic mass is 9.86. The van der Waals surface area contributed by atoms with Crippen LogP contribution in [0.2, 0.25) is 0 Å². The molecule has 4 nitrogen and oxygen atoms in total. The summed E-state index contributed by atoms with van der Waals surface area (Å²) in [7, 11) is 0. The number of hydrogen-bond acceptors (Lipinski definition) is 3. The molecule has 8 aromatic rings. The largest absolute Gasteiger partial charge is 0.308 e. The van der Waals surface area contributed by atoms with Gasteiger partial charge in [-0.1, -0.05) is 118 Å². The van der Waals surface area contributed by atoms with E-state index in [0.29, 0.717) is 28.6 Å². The molecule has 49 heavy (non-hydrogen) atoms. The molecule has 0 unspecified atom stereocenters. The van der Waals surface area contributed by atoms with E-state index in [4.69, 9.17) is 15.0 Å². The van der Waals surface area contributed by atoms with Crippen LogP contribution in [0.5, 0.6) is 0 Å². The zero-order valence-corrected chi connectivity index (χ0v) is 27.3. The van der Waals surface area contributed by atoms with Crippen molar-refractivity contribution in [1.29, 1.82) is 0 Å². The van der Waals surface area contributed by atoms with E-state index in [2.05, 4.69) is 61.7 Å². The molecular formula is C43H32F2N4. The smallest absolute Gasteiger partial charge is 0.166 e. The van der Waals surface area contributed by atoms with Crippen molar-refractivity contribution in [2.45, 2.75) is 26.2 Å². The number of hydrogen-bond donors (Lipinski definition) is 0. The fourth-order valence-corrected chi connectivity index (χ4v) is 6.43. The van der Waals surface area contributed by atoms with Gasteiger partial charge in [-0.15, -0.1) is 0 Å². The van der Waals surface area contributed by atoms with Gasteiger partial charge in [-0.25, -0.2) is 23.7 Å². The third-order valence-corrected chi connectivity index (χ3v) is 8.96. The molecule has 0 N–H and O–H groups in total. The number of fused-ring (bicyclic) bond motifs is 3. The quantitative estimate of drug-likeness (QED) is 0.188. The lowest BCUT2D eigenvalue weighted by Crippen LogP contribution is -2.11. The minimum Gasteiger partial charge on any atom is -0.308 e. The first-order valence-electron chi connectivity index (χ1n) is 16.3. The van der Waals surface area contributed by atoms with Crippen molar-refractivity contribution in [3.8, 4) is 51.0 Å². The number of halogens is 2. The highest BCUT2D eigenvalue weighted by molar-refractivity contribution is 6.10. The van der Waals surface area contributed by atoms with Gasteiger partial charge >= 0.3 is 0 Å². The van der Waals surface area contributed by atoms with E-state index < -0.39 is 11.6 Å². The number of para-hydroxylation sites is 1. The summed E-state index contributed by atoms with van der Waals surface area (Å²) in [6.07, 6.45) is 0. The van der Waals surface area contributed by atoms with Gasteiger partial charge in [0.05, 0.1) is 16.7 Å². The fourth-order valence-electron chi connectivity index (χ4n) is 6.43. The van der Waals surface area contributed by atoms with Crippen molar-refractivity contribution in [3.05, 3.63) is 157 Å². The first-order valence-corrected chi connectivity index (χ1v) is 16.3. The van der Waals surface area contributed by atoms with E-state index in [1.807, 2.05) is 84.9 Å². The van der Waals surface area contributed by atoms with Crippen LogP contribution < -0.4 is 0 Å². The van der Waals surface area contributed by atoms with E-state index in [1.165, 1.54) is 17.7 Å².